The van der Waals surface area contributed by atoms with Crippen LogP contribution in [0.2, 0.25) is 0 Å². The van der Waals surface area contributed by atoms with Crippen molar-refractivity contribution >= 4 is 29.9 Å². The predicted molar refractivity (Wildman–Crippen MR) is 147 cm³/mol. The SMILES string of the molecule is NC(=O)OC(=O)/C=C(\C(=O)OC(=O)N(CCN1CCNCC1c1ccccc1F)c1ccccn1)C1CCCCC1. The molecule has 1 saturated carbocycles. The van der Waals surface area contributed by atoms with Crippen molar-refractivity contribution in [2.45, 2.75) is 38.1 Å². The fourth-order valence-electron chi connectivity index (χ4n) is 5.31. The Bertz CT molecular complexity index is 1270. The second-order valence-corrected chi connectivity index (χ2v) is 9.95. The molecule has 1 aliphatic heterocycles. The standard InChI is InChI=1S/C29H34FN5O6/c30-23-11-5-4-10-21(23)24-19-32-14-15-34(24)16-17-35(25-12-6-7-13-33-25)29(39)41-27(37)22(18-26(36)40-28(31)38)20-8-2-1-3-9-20/h4-7,10-13,18,20,24,32H,1-3,8-9,14-17,19H2,(H2,31,38)/b22-18-. The summed E-state index contributed by atoms with van der Waals surface area (Å²) in [4.78, 5) is 57.4. The van der Waals surface area contributed by atoms with Gasteiger partial charge >= 0.3 is 24.1 Å². The molecule has 1 aliphatic carbocycles. The number of nitrogens with zero attached hydrogens (tertiary/aromatic N) is 3. The summed E-state index contributed by atoms with van der Waals surface area (Å²) in [7, 11) is 0. The number of hydrogen-bond donors (Lipinski definition) is 2. The highest BCUT2D eigenvalue weighted by atomic mass is 19.1. The lowest BCUT2D eigenvalue weighted by Gasteiger charge is -2.37. The van der Waals surface area contributed by atoms with Gasteiger partial charge in [0.2, 0.25) is 0 Å². The molecule has 2 amide bonds. The lowest BCUT2D eigenvalue weighted by Crippen LogP contribution is -2.49. The van der Waals surface area contributed by atoms with E-state index >= 15 is 0 Å². The van der Waals surface area contributed by atoms with Crippen LogP contribution in [0.4, 0.5) is 19.8 Å². The molecule has 1 aromatic carbocycles. The summed E-state index contributed by atoms with van der Waals surface area (Å²) in [6, 6.07) is 11.3. The zero-order chi connectivity index (χ0) is 29.2. The van der Waals surface area contributed by atoms with E-state index in [0.29, 0.717) is 44.6 Å². The van der Waals surface area contributed by atoms with E-state index in [1.54, 1.807) is 36.4 Å². The number of aromatic nitrogens is 1. The monoisotopic (exact) mass is 567 g/mol. The lowest BCUT2D eigenvalue weighted by atomic mass is 9.83. The first-order valence-electron chi connectivity index (χ1n) is 13.7. The highest BCUT2D eigenvalue weighted by Gasteiger charge is 2.31. The van der Waals surface area contributed by atoms with Crippen LogP contribution in [0.25, 0.3) is 0 Å². The first-order valence-corrected chi connectivity index (χ1v) is 13.7. The molecule has 2 heterocycles. The van der Waals surface area contributed by atoms with Crippen molar-refractivity contribution in [3.63, 3.8) is 0 Å². The maximum atomic E-state index is 14.6. The van der Waals surface area contributed by atoms with Crippen LogP contribution in [-0.2, 0) is 19.1 Å². The van der Waals surface area contributed by atoms with Gasteiger partial charge in [-0.25, -0.2) is 28.6 Å². The molecule has 1 atom stereocenters. The van der Waals surface area contributed by atoms with Gasteiger partial charge < -0.3 is 20.5 Å². The number of hydrogen-bond acceptors (Lipinski definition) is 9. The molecule has 3 N–H and O–H groups in total. The van der Waals surface area contributed by atoms with E-state index in [9.17, 15) is 23.6 Å². The average molecular weight is 568 g/mol. The molecule has 4 rings (SSSR count). The number of nitrogens with two attached hydrogens (primary N) is 1. The third kappa shape index (κ3) is 8.18. The van der Waals surface area contributed by atoms with Gasteiger partial charge in [-0.2, -0.15) is 0 Å². The van der Waals surface area contributed by atoms with Crippen molar-refractivity contribution in [3.05, 3.63) is 71.7 Å². The second kappa shape index (κ2) is 14.5. The van der Waals surface area contributed by atoms with Gasteiger partial charge in [0.15, 0.2) is 0 Å². The fraction of sp³-hybridized carbons (Fsp3) is 0.414. The van der Waals surface area contributed by atoms with E-state index in [2.05, 4.69) is 19.9 Å². The van der Waals surface area contributed by atoms with E-state index in [1.165, 1.54) is 17.2 Å². The van der Waals surface area contributed by atoms with Crippen LogP contribution in [0.5, 0.6) is 0 Å². The number of rotatable bonds is 8. The molecule has 1 aromatic heterocycles. The smallest absolute Gasteiger partial charge is 0.373 e. The van der Waals surface area contributed by atoms with Crippen molar-refractivity contribution in [1.82, 2.24) is 15.2 Å². The molecule has 1 unspecified atom stereocenters. The van der Waals surface area contributed by atoms with Gasteiger partial charge in [0.1, 0.15) is 11.6 Å². The van der Waals surface area contributed by atoms with Crippen LogP contribution in [0.15, 0.2) is 60.3 Å². The van der Waals surface area contributed by atoms with E-state index in [1.807, 2.05) is 0 Å². The summed E-state index contributed by atoms with van der Waals surface area (Å²) in [5.74, 6) is -2.50. The number of ether oxygens (including phenoxy) is 2. The van der Waals surface area contributed by atoms with Crippen LogP contribution < -0.4 is 16.0 Å². The molecule has 218 valence electrons. The second-order valence-electron chi connectivity index (χ2n) is 9.95. The number of amides is 2. The van der Waals surface area contributed by atoms with E-state index in [0.717, 1.165) is 25.3 Å². The normalized spacial score (nSPS) is 18.4. The molecule has 0 radical (unpaired) electrons. The molecular formula is C29H34FN5O6. The van der Waals surface area contributed by atoms with Crippen molar-refractivity contribution in [2.24, 2.45) is 11.7 Å². The molecule has 12 heteroatoms. The van der Waals surface area contributed by atoms with Gasteiger partial charge in [0, 0.05) is 56.1 Å². The maximum absolute atomic E-state index is 14.6. The zero-order valence-electron chi connectivity index (χ0n) is 22.7. The molecular weight excluding hydrogens is 533 g/mol. The molecule has 1 saturated heterocycles. The van der Waals surface area contributed by atoms with Gasteiger partial charge in [0.05, 0.1) is 6.04 Å². The molecule has 2 fully saturated rings. The van der Waals surface area contributed by atoms with Crippen LogP contribution in [-0.4, -0.2) is 66.7 Å². The maximum Gasteiger partial charge on any atom is 0.423 e. The Kier molecular flexibility index (Phi) is 10.5. The van der Waals surface area contributed by atoms with E-state index in [-0.39, 0.29) is 35.7 Å². The van der Waals surface area contributed by atoms with Crippen LogP contribution >= 0.6 is 0 Å². The van der Waals surface area contributed by atoms with Crippen molar-refractivity contribution in [2.75, 3.05) is 37.6 Å². The molecule has 2 aromatic rings. The Morgan fingerprint density at radius 3 is 2.54 bits per heavy atom. The minimum Gasteiger partial charge on any atom is -0.373 e. The largest absolute Gasteiger partial charge is 0.423 e. The minimum absolute atomic E-state index is 0.0491. The number of benzene rings is 1. The first kappa shape index (κ1) is 29.8. The Hall–Kier alpha value is -4.16. The van der Waals surface area contributed by atoms with Crippen LogP contribution in [0.3, 0.4) is 0 Å². The Labute approximate surface area is 237 Å². The summed E-state index contributed by atoms with van der Waals surface area (Å²) >= 11 is 0. The lowest BCUT2D eigenvalue weighted by molar-refractivity contribution is -0.135. The molecule has 0 spiro atoms. The summed E-state index contributed by atoms with van der Waals surface area (Å²) in [5, 5.41) is 3.29. The van der Waals surface area contributed by atoms with E-state index in [4.69, 9.17) is 10.5 Å². The van der Waals surface area contributed by atoms with Gasteiger partial charge in [0.25, 0.3) is 0 Å². The minimum atomic E-state index is -1.30. The summed E-state index contributed by atoms with van der Waals surface area (Å²) < 4.78 is 24.3. The fourth-order valence-corrected chi connectivity index (χ4v) is 5.31. The topological polar surface area (TPSA) is 144 Å². The average Bonchev–Trinajstić information content (AvgIpc) is 2.97. The number of esters is 2. The third-order valence-electron chi connectivity index (χ3n) is 7.31. The number of piperazine rings is 1. The summed E-state index contributed by atoms with van der Waals surface area (Å²) in [5.41, 5.74) is 5.43. The van der Waals surface area contributed by atoms with Gasteiger partial charge in [-0.05, 0) is 37.0 Å². The third-order valence-corrected chi connectivity index (χ3v) is 7.31. The Morgan fingerprint density at radius 2 is 1.83 bits per heavy atom. The zero-order valence-corrected chi connectivity index (χ0v) is 22.7. The number of halogens is 1. The van der Waals surface area contributed by atoms with Gasteiger partial charge in [-0.15, -0.1) is 0 Å². The molecule has 2 aliphatic rings. The number of anilines is 1. The van der Waals surface area contributed by atoms with Crippen LogP contribution in [0, 0.1) is 11.7 Å². The van der Waals surface area contributed by atoms with Crippen molar-refractivity contribution < 1.29 is 33.0 Å². The van der Waals surface area contributed by atoms with Crippen molar-refractivity contribution in [1.29, 1.82) is 0 Å². The quantitative estimate of drug-likeness (QED) is 0.278. The molecule has 11 nitrogen and oxygen atoms in total. The number of nitrogens with one attached hydrogen (secondary N) is 1. The first-order chi connectivity index (χ1) is 19.8. The highest BCUT2D eigenvalue weighted by molar-refractivity contribution is 6.04. The van der Waals surface area contributed by atoms with E-state index < -0.39 is 24.1 Å². The van der Waals surface area contributed by atoms with Gasteiger partial charge in [-0.1, -0.05) is 43.5 Å². The summed E-state index contributed by atoms with van der Waals surface area (Å²) in [6.07, 6.45) is 3.99. The highest BCUT2D eigenvalue weighted by Crippen LogP contribution is 2.31. The summed E-state index contributed by atoms with van der Waals surface area (Å²) in [6.45, 7) is 2.27. The number of carbonyl (C=O) groups excluding carboxylic acids is 4. The van der Waals surface area contributed by atoms with Crippen molar-refractivity contribution in [3.8, 4) is 0 Å². The molecule has 41 heavy (non-hydrogen) atoms. The Morgan fingerprint density at radius 1 is 1.07 bits per heavy atom. The number of pyridine rings is 1. The van der Waals surface area contributed by atoms with Crippen LogP contribution in [0.1, 0.15) is 43.7 Å². The Balaban J connectivity index is 1.52. The number of primary amides is 1. The van der Waals surface area contributed by atoms with Gasteiger partial charge in [-0.3, -0.25) is 9.80 Å². The number of carbonyl (C=O) groups is 4. The predicted octanol–water partition coefficient (Wildman–Crippen LogP) is 3.47. The molecule has 0 bridgehead atoms.